The molecule has 0 heterocycles. The Morgan fingerprint density at radius 1 is 1.35 bits per heavy atom. The molecular formula is C13H21ClFNO. The van der Waals surface area contributed by atoms with E-state index in [1.165, 1.54) is 12.1 Å². The molecule has 0 aromatic heterocycles. The monoisotopic (exact) mass is 261 g/mol. The van der Waals surface area contributed by atoms with Crippen molar-refractivity contribution >= 4 is 12.4 Å². The molecule has 1 aromatic rings. The van der Waals surface area contributed by atoms with E-state index in [-0.39, 0.29) is 24.3 Å². The molecule has 1 aromatic carbocycles. The Morgan fingerprint density at radius 3 is 2.53 bits per heavy atom. The Bertz CT molecular complexity index is 358. The molecule has 0 aliphatic heterocycles. The van der Waals surface area contributed by atoms with Crippen molar-refractivity contribution in [2.75, 3.05) is 6.61 Å². The quantitative estimate of drug-likeness (QED) is 0.883. The van der Waals surface area contributed by atoms with E-state index in [0.717, 1.165) is 23.3 Å². The van der Waals surface area contributed by atoms with Crippen LogP contribution < -0.4 is 10.5 Å². The van der Waals surface area contributed by atoms with Crippen molar-refractivity contribution in [1.82, 2.24) is 0 Å². The van der Waals surface area contributed by atoms with Gasteiger partial charge >= 0.3 is 0 Å². The van der Waals surface area contributed by atoms with Crippen LogP contribution >= 0.6 is 12.4 Å². The van der Waals surface area contributed by atoms with E-state index in [2.05, 4.69) is 0 Å². The van der Waals surface area contributed by atoms with Gasteiger partial charge in [0.1, 0.15) is 11.6 Å². The van der Waals surface area contributed by atoms with Crippen LogP contribution in [0.4, 0.5) is 4.39 Å². The maximum absolute atomic E-state index is 13.3. The Labute approximate surface area is 109 Å². The molecule has 1 atom stereocenters. The normalized spacial score (nSPS) is 11.8. The van der Waals surface area contributed by atoms with Gasteiger partial charge in [-0.05, 0) is 49.9 Å². The summed E-state index contributed by atoms with van der Waals surface area (Å²) in [5.41, 5.74) is 7.59. The first kappa shape index (κ1) is 16.2. The third kappa shape index (κ3) is 4.52. The van der Waals surface area contributed by atoms with Gasteiger partial charge in [-0.15, -0.1) is 12.4 Å². The average molecular weight is 262 g/mol. The zero-order valence-electron chi connectivity index (χ0n) is 10.6. The van der Waals surface area contributed by atoms with Crippen molar-refractivity contribution in [2.24, 2.45) is 5.73 Å². The SMILES string of the molecule is CCOc1c(C)cc(F)cc1CC(N)CC.Cl. The van der Waals surface area contributed by atoms with Crippen LogP contribution in [0, 0.1) is 12.7 Å². The molecule has 1 rings (SSSR count). The first-order valence-electron chi connectivity index (χ1n) is 5.75. The van der Waals surface area contributed by atoms with Crippen molar-refractivity contribution < 1.29 is 9.13 Å². The van der Waals surface area contributed by atoms with Gasteiger partial charge in [0.05, 0.1) is 6.61 Å². The van der Waals surface area contributed by atoms with E-state index in [0.29, 0.717) is 13.0 Å². The van der Waals surface area contributed by atoms with Gasteiger partial charge in [-0.1, -0.05) is 6.92 Å². The second kappa shape index (κ2) is 7.51. The van der Waals surface area contributed by atoms with Crippen molar-refractivity contribution in [3.63, 3.8) is 0 Å². The highest BCUT2D eigenvalue weighted by atomic mass is 35.5. The predicted molar refractivity (Wildman–Crippen MR) is 71.5 cm³/mol. The lowest BCUT2D eigenvalue weighted by atomic mass is 10.0. The van der Waals surface area contributed by atoms with E-state index >= 15 is 0 Å². The van der Waals surface area contributed by atoms with Gasteiger partial charge in [-0.3, -0.25) is 0 Å². The summed E-state index contributed by atoms with van der Waals surface area (Å²) in [7, 11) is 0. The van der Waals surface area contributed by atoms with Gasteiger partial charge in [-0.25, -0.2) is 4.39 Å². The van der Waals surface area contributed by atoms with Crippen molar-refractivity contribution in [2.45, 2.75) is 39.7 Å². The Hall–Kier alpha value is -0.800. The van der Waals surface area contributed by atoms with Crippen LogP contribution in [0.25, 0.3) is 0 Å². The van der Waals surface area contributed by atoms with Crippen molar-refractivity contribution in [3.8, 4) is 5.75 Å². The van der Waals surface area contributed by atoms with Crippen molar-refractivity contribution in [3.05, 3.63) is 29.1 Å². The van der Waals surface area contributed by atoms with E-state index in [1.54, 1.807) is 0 Å². The highest BCUT2D eigenvalue weighted by Crippen LogP contribution is 2.26. The largest absolute Gasteiger partial charge is 0.493 e. The van der Waals surface area contributed by atoms with Gasteiger partial charge < -0.3 is 10.5 Å². The summed E-state index contributed by atoms with van der Waals surface area (Å²) in [6.45, 7) is 6.39. The lowest BCUT2D eigenvalue weighted by Gasteiger charge is -2.16. The Morgan fingerprint density at radius 2 is 2.00 bits per heavy atom. The standard InChI is InChI=1S/C13H20FNO.ClH/c1-4-12(15)8-10-7-11(14)6-9(3)13(10)16-5-2;/h6-7,12H,4-5,8,15H2,1-3H3;1H. The van der Waals surface area contributed by atoms with Crippen molar-refractivity contribution in [1.29, 1.82) is 0 Å². The Balaban J connectivity index is 0.00000256. The van der Waals surface area contributed by atoms with Gasteiger partial charge in [0.25, 0.3) is 0 Å². The number of nitrogens with two attached hydrogens (primary N) is 1. The molecule has 2 nitrogen and oxygen atoms in total. The van der Waals surface area contributed by atoms with Crippen LogP contribution in [0.15, 0.2) is 12.1 Å². The second-order valence-corrected chi connectivity index (χ2v) is 4.02. The maximum atomic E-state index is 13.3. The fourth-order valence-corrected chi connectivity index (χ4v) is 1.73. The van der Waals surface area contributed by atoms with E-state index < -0.39 is 0 Å². The predicted octanol–water partition coefficient (Wildman–Crippen LogP) is 3.23. The molecule has 17 heavy (non-hydrogen) atoms. The summed E-state index contributed by atoms with van der Waals surface area (Å²) < 4.78 is 18.9. The first-order valence-corrected chi connectivity index (χ1v) is 5.75. The average Bonchev–Trinajstić information content (AvgIpc) is 2.23. The lowest BCUT2D eigenvalue weighted by Crippen LogP contribution is -2.22. The minimum atomic E-state index is -0.223. The van der Waals surface area contributed by atoms with Gasteiger partial charge in [0.2, 0.25) is 0 Å². The molecule has 0 spiro atoms. The fourth-order valence-electron chi connectivity index (χ4n) is 1.73. The molecule has 4 heteroatoms. The van der Waals surface area contributed by atoms with Crippen LogP contribution in [0.2, 0.25) is 0 Å². The number of aryl methyl sites for hydroxylation is 1. The highest BCUT2D eigenvalue weighted by Gasteiger charge is 2.12. The Kier molecular flexibility index (Phi) is 7.16. The number of ether oxygens (including phenoxy) is 1. The van der Waals surface area contributed by atoms with Crippen LogP contribution in [0.5, 0.6) is 5.75 Å². The summed E-state index contributed by atoms with van der Waals surface area (Å²) in [5, 5.41) is 0. The zero-order chi connectivity index (χ0) is 12.1. The third-order valence-electron chi connectivity index (χ3n) is 2.61. The van der Waals surface area contributed by atoms with E-state index in [1.807, 2.05) is 20.8 Å². The molecule has 0 aliphatic rings. The summed E-state index contributed by atoms with van der Waals surface area (Å²) >= 11 is 0. The minimum Gasteiger partial charge on any atom is -0.493 e. The molecule has 0 radical (unpaired) electrons. The zero-order valence-corrected chi connectivity index (χ0v) is 11.4. The van der Waals surface area contributed by atoms with Crippen LogP contribution in [-0.2, 0) is 6.42 Å². The molecule has 2 N–H and O–H groups in total. The molecule has 0 fully saturated rings. The van der Waals surface area contributed by atoms with Crippen LogP contribution in [0.3, 0.4) is 0 Å². The maximum Gasteiger partial charge on any atom is 0.125 e. The third-order valence-corrected chi connectivity index (χ3v) is 2.61. The number of benzene rings is 1. The van der Waals surface area contributed by atoms with E-state index in [4.69, 9.17) is 10.5 Å². The molecule has 0 amide bonds. The summed E-state index contributed by atoms with van der Waals surface area (Å²) in [6.07, 6.45) is 1.53. The highest BCUT2D eigenvalue weighted by molar-refractivity contribution is 5.85. The molecule has 1 unspecified atom stereocenters. The summed E-state index contributed by atoms with van der Waals surface area (Å²) in [5.74, 6) is 0.562. The molecule has 0 bridgehead atoms. The van der Waals surface area contributed by atoms with Gasteiger partial charge in [0.15, 0.2) is 0 Å². The lowest BCUT2D eigenvalue weighted by molar-refractivity contribution is 0.332. The summed E-state index contributed by atoms with van der Waals surface area (Å²) in [6, 6.07) is 3.07. The first-order chi connectivity index (χ1) is 7.58. The topological polar surface area (TPSA) is 35.2 Å². The molecule has 98 valence electrons. The number of rotatable bonds is 5. The smallest absolute Gasteiger partial charge is 0.125 e. The molecule has 0 saturated carbocycles. The number of halogens is 2. The second-order valence-electron chi connectivity index (χ2n) is 4.02. The van der Waals surface area contributed by atoms with E-state index in [9.17, 15) is 4.39 Å². The molecule has 0 aliphatic carbocycles. The van der Waals surface area contributed by atoms with Crippen LogP contribution in [0.1, 0.15) is 31.4 Å². The number of hydrogen-bond donors (Lipinski definition) is 1. The van der Waals surface area contributed by atoms with Gasteiger partial charge in [0, 0.05) is 6.04 Å². The summed E-state index contributed by atoms with van der Waals surface area (Å²) in [4.78, 5) is 0. The van der Waals surface area contributed by atoms with Crippen LogP contribution in [-0.4, -0.2) is 12.6 Å². The fraction of sp³-hybridized carbons (Fsp3) is 0.538. The van der Waals surface area contributed by atoms with Gasteiger partial charge in [-0.2, -0.15) is 0 Å². The molecular weight excluding hydrogens is 241 g/mol. The molecule has 0 saturated heterocycles. The number of hydrogen-bond acceptors (Lipinski definition) is 2. The minimum absolute atomic E-state index is 0.